The first-order chi connectivity index (χ1) is 14.0. The van der Waals surface area contributed by atoms with Crippen molar-refractivity contribution in [2.24, 2.45) is 5.16 Å². The van der Waals surface area contributed by atoms with Crippen molar-refractivity contribution < 1.29 is 33.0 Å². The monoisotopic (exact) mass is 403 g/mol. The summed E-state index contributed by atoms with van der Waals surface area (Å²) in [5.41, 5.74) is 5.53. The first-order valence-electron chi connectivity index (χ1n) is 8.54. The molecule has 1 aliphatic rings. The molecule has 0 spiro atoms. The zero-order valence-corrected chi connectivity index (χ0v) is 15.4. The van der Waals surface area contributed by atoms with Gasteiger partial charge in [0.1, 0.15) is 0 Å². The number of nitrogens with one attached hydrogen (secondary N) is 2. The van der Waals surface area contributed by atoms with Crippen molar-refractivity contribution >= 4 is 17.5 Å². The van der Waals surface area contributed by atoms with Gasteiger partial charge >= 0.3 is 0 Å². The number of hydrazine groups is 1. The molecule has 1 heterocycles. The molecule has 0 saturated heterocycles. The zero-order valence-electron chi connectivity index (χ0n) is 15.4. The average molecular weight is 403 g/mol. The van der Waals surface area contributed by atoms with Gasteiger partial charge in [0.25, 0.3) is 11.8 Å². The number of nitrogens with zero attached hydrogens (tertiary/aromatic N) is 1. The van der Waals surface area contributed by atoms with Crippen LogP contribution in [0.1, 0.15) is 12.5 Å². The van der Waals surface area contributed by atoms with Gasteiger partial charge in [0.2, 0.25) is 6.79 Å². The molecule has 0 aromatic heterocycles. The Morgan fingerprint density at radius 1 is 1.07 bits per heavy atom. The number of fused-ring (bicyclic) bond motifs is 1. The Labute approximate surface area is 165 Å². The number of carbonyl (C=O) groups is 2. The lowest BCUT2D eigenvalue weighted by Gasteiger charge is -2.09. The first kappa shape index (κ1) is 19.9. The molecule has 9 nitrogen and oxygen atoms in total. The largest absolute Gasteiger partial charge is 0.481 e. The number of oxime groups is 1. The maximum Gasteiger partial charge on any atom is 0.279 e. The molecule has 152 valence electrons. The summed E-state index contributed by atoms with van der Waals surface area (Å²) in [5, 5.41) is 3.85. The van der Waals surface area contributed by atoms with Crippen LogP contribution in [0.25, 0.3) is 0 Å². The van der Waals surface area contributed by atoms with Gasteiger partial charge in [-0.05, 0) is 37.3 Å². The molecule has 2 amide bonds. The third kappa shape index (κ3) is 5.58. The Morgan fingerprint density at radius 2 is 1.79 bits per heavy atom. The van der Waals surface area contributed by atoms with E-state index >= 15 is 0 Å². The van der Waals surface area contributed by atoms with E-state index in [0.717, 1.165) is 5.56 Å². The van der Waals surface area contributed by atoms with Gasteiger partial charge < -0.3 is 19.0 Å². The fourth-order valence-corrected chi connectivity index (χ4v) is 2.28. The number of hydrogen-bond acceptors (Lipinski definition) is 7. The molecule has 2 aromatic carbocycles. The van der Waals surface area contributed by atoms with Crippen molar-refractivity contribution in [3.05, 3.63) is 53.8 Å². The highest BCUT2D eigenvalue weighted by Gasteiger charge is 2.14. The Hall–Kier alpha value is -3.82. The van der Waals surface area contributed by atoms with E-state index in [0.29, 0.717) is 17.2 Å². The Morgan fingerprint density at radius 3 is 2.59 bits per heavy atom. The topological polar surface area (TPSA) is 107 Å². The highest BCUT2D eigenvalue weighted by Crippen LogP contribution is 2.32. The van der Waals surface area contributed by atoms with E-state index in [-0.39, 0.29) is 12.5 Å². The lowest BCUT2D eigenvalue weighted by Crippen LogP contribution is -2.45. The summed E-state index contributed by atoms with van der Waals surface area (Å²) in [6.07, 6.45) is 0. The van der Waals surface area contributed by atoms with Gasteiger partial charge in [-0.2, -0.15) is 0 Å². The molecule has 0 atom stereocenters. The van der Waals surface area contributed by atoms with E-state index in [2.05, 4.69) is 16.0 Å². The Balaban J connectivity index is 1.37. The molecule has 2 N–H and O–H groups in total. The van der Waals surface area contributed by atoms with Crippen molar-refractivity contribution in [2.45, 2.75) is 6.92 Å². The molecule has 1 aliphatic heterocycles. The second-order valence-electron chi connectivity index (χ2n) is 5.83. The fraction of sp³-hybridized carbons (Fsp3) is 0.211. The van der Waals surface area contributed by atoms with Gasteiger partial charge in [0, 0.05) is 5.56 Å². The Kier molecular flexibility index (Phi) is 6.46. The molecular formula is C19H18FN3O6. The smallest absolute Gasteiger partial charge is 0.279 e. The van der Waals surface area contributed by atoms with Crippen molar-refractivity contribution in [3.63, 3.8) is 0 Å². The van der Waals surface area contributed by atoms with Crippen molar-refractivity contribution in [1.29, 1.82) is 0 Å². The van der Waals surface area contributed by atoms with E-state index in [4.69, 9.17) is 19.0 Å². The van der Waals surface area contributed by atoms with E-state index in [1.54, 1.807) is 31.2 Å². The third-order valence-corrected chi connectivity index (χ3v) is 3.72. The molecule has 2 aromatic rings. The van der Waals surface area contributed by atoms with Gasteiger partial charge in [-0.1, -0.05) is 17.3 Å². The lowest BCUT2D eigenvalue weighted by atomic mass is 10.1. The minimum absolute atomic E-state index is 0.0642. The van der Waals surface area contributed by atoms with Crippen LogP contribution in [0.3, 0.4) is 0 Å². The third-order valence-electron chi connectivity index (χ3n) is 3.72. The minimum Gasteiger partial charge on any atom is -0.481 e. The number of amides is 2. The molecule has 0 saturated carbocycles. The number of carbonyl (C=O) groups excluding carboxylic acids is 2. The van der Waals surface area contributed by atoms with Crippen molar-refractivity contribution in [1.82, 2.24) is 10.9 Å². The van der Waals surface area contributed by atoms with Crippen LogP contribution in [0.2, 0.25) is 0 Å². The van der Waals surface area contributed by atoms with E-state index in [1.807, 2.05) is 0 Å². The summed E-state index contributed by atoms with van der Waals surface area (Å²) in [5.74, 6) is -0.695. The van der Waals surface area contributed by atoms with Crippen LogP contribution in [-0.4, -0.2) is 37.5 Å². The van der Waals surface area contributed by atoms with Crippen LogP contribution in [0.4, 0.5) is 4.39 Å². The molecule has 0 radical (unpaired) electrons. The molecule has 0 bridgehead atoms. The van der Waals surface area contributed by atoms with Gasteiger partial charge in [-0.3, -0.25) is 20.4 Å². The SMILES string of the molecule is C/C(=N/OCC(=O)NNC(=O)COc1ccccc1F)c1ccc2c(c1)OCO2. The zero-order chi connectivity index (χ0) is 20.6. The summed E-state index contributed by atoms with van der Waals surface area (Å²) < 4.78 is 28.9. The van der Waals surface area contributed by atoms with Gasteiger partial charge in [0.15, 0.2) is 36.3 Å². The van der Waals surface area contributed by atoms with Gasteiger partial charge in [0.05, 0.1) is 5.71 Å². The molecule has 3 rings (SSSR count). The summed E-state index contributed by atoms with van der Waals surface area (Å²) in [6, 6.07) is 10.9. The predicted molar refractivity (Wildman–Crippen MR) is 98.9 cm³/mol. The van der Waals surface area contributed by atoms with Crippen molar-refractivity contribution in [3.8, 4) is 17.2 Å². The number of ether oxygens (including phenoxy) is 3. The quantitative estimate of drug-likeness (QED) is 0.536. The predicted octanol–water partition coefficient (Wildman–Crippen LogP) is 1.52. The summed E-state index contributed by atoms with van der Waals surface area (Å²) in [7, 11) is 0. The maximum atomic E-state index is 13.4. The second kappa shape index (κ2) is 9.40. The highest BCUT2D eigenvalue weighted by atomic mass is 19.1. The van der Waals surface area contributed by atoms with Crippen LogP contribution in [-0.2, 0) is 14.4 Å². The van der Waals surface area contributed by atoms with Crippen LogP contribution in [0, 0.1) is 5.82 Å². The average Bonchev–Trinajstić information content (AvgIpc) is 3.19. The lowest BCUT2D eigenvalue weighted by molar-refractivity contribution is -0.132. The van der Waals surface area contributed by atoms with Crippen LogP contribution in [0.15, 0.2) is 47.6 Å². The number of halogens is 1. The standard InChI is InChI=1S/C19H18FN3O6/c1-12(13-6-7-16-17(8-13)28-11-27-16)23-29-10-19(25)22-21-18(24)9-26-15-5-3-2-4-14(15)20/h2-8H,9-11H2,1H3,(H,21,24)(H,22,25)/b23-12-. The molecule has 0 unspecified atom stereocenters. The summed E-state index contributed by atoms with van der Waals surface area (Å²) >= 11 is 0. The first-order valence-corrected chi connectivity index (χ1v) is 8.54. The molecular weight excluding hydrogens is 385 g/mol. The summed E-state index contributed by atoms with van der Waals surface area (Å²) in [6.45, 7) is 0.986. The second-order valence-corrected chi connectivity index (χ2v) is 5.83. The van der Waals surface area contributed by atoms with Crippen molar-refractivity contribution in [2.75, 3.05) is 20.0 Å². The fourth-order valence-electron chi connectivity index (χ4n) is 2.28. The van der Waals surface area contributed by atoms with Crippen LogP contribution in [0.5, 0.6) is 17.2 Å². The van der Waals surface area contributed by atoms with Gasteiger partial charge in [-0.15, -0.1) is 0 Å². The number of benzene rings is 2. The maximum absolute atomic E-state index is 13.4. The normalized spacial score (nSPS) is 12.3. The van der Waals surface area contributed by atoms with Crippen LogP contribution < -0.4 is 25.1 Å². The Bertz CT molecular complexity index is 934. The molecule has 29 heavy (non-hydrogen) atoms. The van der Waals surface area contributed by atoms with E-state index in [1.165, 1.54) is 18.2 Å². The molecule has 0 fully saturated rings. The highest BCUT2D eigenvalue weighted by molar-refractivity contribution is 5.99. The number of hydrogen-bond donors (Lipinski definition) is 2. The number of rotatable bonds is 7. The molecule has 0 aliphatic carbocycles. The minimum atomic E-state index is -0.665. The molecule has 10 heteroatoms. The van der Waals surface area contributed by atoms with Gasteiger partial charge in [-0.25, -0.2) is 4.39 Å². The van der Waals surface area contributed by atoms with E-state index in [9.17, 15) is 14.0 Å². The van der Waals surface area contributed by atoms with E-state index < -0.39 is 30.8 Å². The number of para-hydroxylation sites is 1. The van der Waals surface area contributed by atoms with Crippen LogP contribution >= 0.6 is 0 Å². The summed E-state index contributed by atoms with van der Waals surface area (Å²) in [4.78, 5) is 28.3.